The van der Waals surface area contributed by atoms with Crippen molar-refractivity contribution in [1.29, 1.82) is 0 Å². The summed E-state index contributed by atoms with van der Waals surface area (Å²) >= 11 is 0. The predicted octanol–water partition coefficient (Wildman–Crippen LogP) is 1.91. The zero-order chi connectivity index (χ0) is 12.6. The third-order valence-electron chi connectivity index (χ3n) is 2.60. The van der Waals surface area contributed by atoms with Gasteiger partial charge in [0.15, 0.2) is 5.79 Å². The molecule has 88 valence electrons. The zero-order valence-corrected chi connectivity index (χ0v) is 9.12. The summed E-state index contributed by atoms with van der Waals surface area (Å²) in [6.07, 6.45) is 0. The quantitative estimate of drug-likeness (QED) is 0.471. The SMILES string of the molecule is CC(O)(O)c1ccc2c([N+](=O)[O-])cccc2c1. The monoisotopic (exact) mass is 233 g/mol. The third kappa shape index (κ3) is 2.11. The van der Waals surface area contributed by atoms with Crippen LogP contribution in [0, 0.1) is 10.1 Å². The van der Waals surface area contributed by atoms with Gasteiger partial charge in [0.1, 0.15) is 0 Å². The smallest absolute Gasteiger partial charge is 0.277 e. The molecule has 0 atom stereocenters. The van der Waals surface area contributed by atoms with Crippen LogP contribution in [0.15, 0.2) is 36.4 Å². The summed E-state index contributed by atoms with van der Waals surface area (Å²) in [4.78, 5) is 10.3. The molecule has 5 nitrogen and oxygen atoms in total. The molecule has 0 unspecified atom stereocenters. The summed E-state index contributed by atoms with van der Waals surface area (Å²) in [6, 6.07) is 9.19. The van der Waals surface area contributed by atoms with Crippen molar-refractivity contribution in [2.75, 3.05) is 0 Å². The van der Waals surface area contributed by atoms with Crippen molar-refractivity contribution in [2.24, 2.45) is 0 Å². The van der Waals surface area contributed by atoms with E-state index in [1.807, 2.05) is 0 Å². The number of fused-ring (bicyclic) bond motifs is 1. The molecule has 0 saturated carbocycles. The summed E-state index contributed by atoms with van der Waals surface area (Å²) in [5.74, 6) is -1.95. The Morgan fingerprint density at radius 3 is 2.53 bits per heavy atom. The van der Waals surface area contributed by atoms with E-state index >= 15 is 0 Å². The van der Waals surface area contributed by atoms with Gasteiger partial charge in [-0.1, -0.05) is 18.2 Å². The van der Waals surface area contributed by atoms with Gasteiger partial charge in [0, 0.05) is 11.6 Å². The molecule has 2 rings (SSSR count). The first kappa shape index (κ1) is 11.5. The van der Waals surface area contributed by atoms with Gasteiger partial charge in [-0.3, -0.25) is 10.1 Å². The number of hydrogen-bond donors (Lipinski definition) is 2. The van der Waals surface area contributed by atoms with Gasteiger partial charge in [-0.15, -0.1) is 0 Å². The minimum absolute atomic E-state index is 0.00614. The molecule has 0 aromatic heterocycles. The molecule has 17 heavy (non-hydrogen) atoms. The second-order valence-corrected chi connectivity index (χ2v) is 3.99. The number of nitro groups is 1. The van der Waals surface area contributed by atoms with Crippen molar-refractivity contribution in [3.63, 3.8) is 0 Å². The standard InChI is InChI=1S/C12H11NO4/c1-12(14,15)9-5-6-10-8(7-9)3-2-4-11(10)13(16)17/h2-7,14-15H,1H3. The fraction of sp³-hybridized carbons (Fsp3) is 0.167. The summed E-state index contributed by atoms with van der Waals surface area (Å²) in [5, 5.41) is 30.8. The molecule has 0 aliphatic rings. The third-order valence-corrected chi connectivity index (χ3v) is 2.60. The van der Waals surface area contributed by atoms with Crippen LogP contribution in [0.2, 0.25) is 0 Å². The van der Waals surface area contributed by atoms with Crippen LogP contribution in [0.4, 0.5) is 5.69 Å². The number of rotatable bonds is 2. The highest BCUT2D eigenvalue weighted by Crippen LogP contribution is 2.28. The fourth-order valence-electron chi connectivity index (χ4n) is 1.72. The van der Waals surface area contributed by atoms with Crippen LogP contribution in [-0.2, 0) is 5.79 Å². The number of hydrogen-bond acceptors (Lipinski definition) is 4. The number of aliphatic hydroxyl groups is 2. The Morgan fingerprint density at radius 1 is 1.24 bits per heavy atom. The van der Waals surface area contributed by atoms with Crippen LogP contribution in [0.5, 0.6) is 0 Å². The van der Waals surface area contributed by atoms with Crippen molar-refractivity contribution >= 4 is 16.5 Å². The van der Waals surface area contributed by atoms with Crippen LogP contribution in [0.3, 0.4) is 0 Å². The lowest BCUT2D eigenvalue weighted by atomic mass is 10.0. The summed E-state index contributed by atoms with van der Waals surface area (Å²) in [7, 11) is 0. The maximum absolute atomic E-state index is 10.8. The average molecular weight is 233 g/mol. The highest BCUT2D eigenvalue weighted by Gasteiger charge is 2.20. The topological polar surface area (TPSA) is 83.6 Å². The minimum Gasteiger partial charge on any atom is -0.362 e. The van der Waals surface area contributed by atoms with Crippen LogP contribution >= 0.6 is 0 Å². The Balaban J connectivity index is 2.69. The van der Waals surface area contributed by atoms with Gasteiger partial charge in [0.05, 0.1) is 10.3 Å². The molecule has 0 heterocycles. The van der Waals surface area contributed by atoms with E-state index in [-0.39, 0.29) is 5.69 Å². The first-order valence-corrected chi connectivity index (χ1v) is 5.02. The molecular weight excluding hydrogens is 222 g/mol. The Bertz CT molecular complexity index is 587. The highest BCUT2D eigenvalue weighted by atomic mass is 16.6. The largest absolute Gasteiger partial charge is 0.362 e. The average Bonchev–Trinajstić information content (AvgIpc) is 2.26. The molecule has 0 saturated heterocycles. The van der Waals surface area contributed by atoms with Crippen LogP contribution in [0.25, 0.3) is 10.8 Å². The van der Waals surface area contributed by atoms with Crippen LogP contribution in [-0.4, -0.2) is 15.1 Å². The Morgan fingerprint density at radius 2 is 1.94 bits per heavy atom. The van der Waals surface area contributed by atoms with Gasteiger partial charge in [-0.05, 0) is 24.4 Å². The number of non-ortho nitro benzene ring substituents is 1. The Hall–Kier alpha value is -1.98. The Kier molecular flexibility index (Phi) is 2.57. The van der Waals surface area contributed by atoms with Crippen LogP contribution < -0.4 is 0 Å². The molecule has 2 aromatic rings. The highest BCUT2D eigenvalue weighted by molar-refractivity contribution is 5.91. The second kappa shape index (κ2) is 3.80. The van der Waals surface area contributed by atoms with Gasteiger partial charge in [-0.2, -0.15) is 0 Å². The predicted molar refractivity (Wildman–Crippen MR) is 62.4 cm³/mol. The van der Waals surface area contributed by atoms with E-state index in [4.69, 9.17) is 0 Å². The first-order chi connectivity index (χ1) is 7.89. The molecule has 2 N–H and O–H groups in total. The molecule has 5 heteroatoms. The lowest BCUT2D eigenvalue weighted by Crippen LogP contribution is -2.19. The number of benzene rings is 2. The summed E-state index contributed by atoms with van der Waals surface area (Å²) < 4.78 is 0. The number of nitrogens with zero attached hydrogens (tertiary/aromatic N) is 1. The first-order valence-electron chi connectivity index (χ1n) is 5.02. The van der Waals surface area contributed by atoms with E-state index in [2.05, 4.69) is 0 Å². The van der Waals surface area contributed by atoms with E-state index in [0.29, 0.717) is 16.3 Å². The lowest BCUT2D eigenvalue weighted by Gasteiger charge is -2.16. The summed E-state index contributed by atoms with van der Waals surface area (Å²) in [5.41, 5.74) is 0.303. The Labute approximate surface area is 97.1 Å². The molecule has 0 radical (unpaired) electrons. The second-order valence-electron chi connectivity index (χ2n) is 3.99. The fourth-order valence-corrected chi connectivity index (χ4v) is 1.72. The molecule has 0 bridgehead atoms. The van der Waals surface area contributed by atoms with Gasteiger partial charge in [0.25, 0.3) is 5.69 Å². The van der Waals surface area contributed by atoms with E-state index in [1.165, 1.54) is 31.2 Å². The van der Waals surface area contributed by atoms with Crippen molar-refractivity contribution in [2.45, 2.75) is 12.7 Å². The molecule has 0 aliphatic heterocycles. The van der Waals surface area contributed by atoms with Gasteiger partial charge in [-0.25, -0.2) is 0 Å². The van der Waals surface area contributed by atoms with Crippen LogP contribution in [0.1, 0.15) is 12.5 Å². The molecule has 2 aromatic carbocycles. The lowest BCUT2D eigenvalue weighted by molar-refractivity contribution is -0.383. The molecule has 0 fully saturated rings. The molecule has 0 amide bonds. The van der Waals surface area contributed by atoms with E-state index < -0.39 is 10.7 Å². The van der Waals surface area contributed by atoms with Gasteiger partial charge < -0.3 is 10.2 Å². The normalized spacial score (nSPS) is 11.7. The van der Waals surface area contributed by atoms with E-state index in [1.54, 1.807) is 12.1 Å². The van der Waals surface area contributed by atoms with Crippen molar-refractivity contribution in [1.82, 2.24) is 0 Å². The maximum Gasteiger partial charge on any atom is 0.277 e. The maximum atomic E-state index is 10.8. The van der Waals surface area contributed by atoms with Gasteiger partial charge >= 0.3 is 0 Å². The summed E-state index contributed by atoms with van der Waals surface area (Å²) in [6.45, 7) is 1.24. The molecule has 0 aliphatic carbocycles. The van der Waals surface area contributed by atoms with Crippen molar-refractivity contribution in [3.05, 3.63) is 52.1 Å². The molecular formula is C12H11NO4. The van der Waals surface area contributed by atoms with Crippen molar-refractivity contribution in [3.8, 4) is 0 Å². The van der Waals surface area contributed by atoms with E-state index in [0.717, 1.165) is 0 Å². The van der Waals surface area contributed by atoms with Gasteiger partial charge in [0.2, 0.25) is 0 Å². The zero-order valence-electron chi connectivity index (χ0n) is 9.12. The molecule has 0 spiro atoms. The number of nitro benzene ring substituents is 1. The van der Waals surface area contributed by atoms with E-state index in [9.17, 15) is 20.3 Å². The minimum atomic E-state index is -1.95. The van der Waals surface area contributed by atoms with Crippen molar-refractivity contribution < 1.29 is 15.1 Å².